The van der Waals surface area contributed by atoms with Crippen LogP contribution in [0.3, 0.4) is 0 Å². The maximum Gasteiger partial charge on any atom is 0.316 e. The average molecular weight is 282 g/mol. The monoisotopic (exact) mass is 282 g/mol. The number of nitrogens with two attached hydrogens (primary N) is 1. The molecule has 9 nitrogen and oxygen atoms in total. The highest BCUT2D eigenvalue weighted by Gasteiger charge is 2.16. The second-order valence-corrected chi connectivity index (χ2v) is 4.26. The molecule has 0 saturated carbocycles. The summed E-state index contributed by atoms with van der Waals surface area (Å²) < 4.78 is 4.54. The van der Waals surface area contributed by atoms with E-state index in [9.17, 15) is 9.59 Å². The lowest BCUT2D eigenvalue weighted by atomic mass is 10.5. The zero-order valence-corrected chi connectivity index (χ0v) is 10.7. The van der Waals surface area contributed by atoms with Crippen molar-refractivity contribution in [1.82, 2.24) is 25.4 Å². The molecular weight excluding hydrogens is 272 g/mol. The van der Waals surface area contributed by atoms with Crippen LogP contribution in [-0.4, -0.2) is 44.7 Å². The lowest BCUT2D eigenvalue weighted by Crippen LogP contribution is -2.31. The Morgan fingerprint density at radius 1 is 1.53 bits per heavy atom. The van der Waals surface area contributed by atoms with E-state index >= 15 is 0 Å². The summed E-state index contributed by atoms with van der Waals surface area (Å²) in [5.74, 6) is 3.94. The van der Waals surface area contributed by atoms with E-state index in [1.54, 1.807) is 0 Å². The van der Waals surface area contributed by atoms with Gasteiger partial charge in [0.2, 0.25) is 5.82 Å². The minimum Gasteiger partial charge on any atom is -0.468 e. The summed E-state index contributed by atoms with van der Waals surface area (Å²) in [6, 6.07) is 0. The number of nitrogen functional groups attached to an aromatic ring is 1. The molecule has 0 aromatic carbocycles. The van der Waals surface area contributed by atoms with Crippen molar-refractivity contribution in [2.24, 2.45) is 5.84 Å². The summed E-state index contributed by atoms with van der Waals surface area (Å²) in [6.45, 7) is 0. The van der Waals surface area contributed by atoms with Crippen LogP contribution in [0.2, 0.25) is 0 Å². The van der Waals surface area contributed by atoms with Gasteiger partial charge in [0, 0.05) is 0 Å². The predicted octanol–water partition coefficient (Wildman–Crippen LogP) is -0.778. The molecule has 1 amide bonds. The van der Waals surface area contributed by atoms with Crippen LogP contribution in [0.15, 0.2) is 11.4 Å². The Morgan fingerprint density at radius 2 is 2.32 bits per heavy atom. The molecule has 0 aliphatic rings. The zero-order valence-electron chi connectivity index (χ0n) is 9.84. The lowest BCUT2D eigenvalue weighted by Gasteiger charge is -2.03. The molecule has 2 heterocycles. The van der Waals surface area contributed by atoms with Crippen molar-refractivity contribution in [3.63, 3.8) is 0 Å². The lowest BCUT2D eigenvalue weighted by molar-refractivity contribution is -0.137. The van der Waals surface area contributed by atoms with Crippen molar-refractivity contribution in [1.29, 1.82) is 0 Å². The number of rotatable bonds is 4. The highest BCUT2D eigenvalue weighted by molar-refractivity contribution is 8.00. The molecule has 0 aliphatic carbocycles. The van der Waals surface area contributed by atoms with Crippen LogP contribution in [0.5, 0.6) is 0 Å². The summed E-state index contributed by atoms with van der Waals surface area (Å²) >= 11 is 1.11. The van der Waals surface area contributed by atoms with Crippen LogP contribution in [-0.2, 0) is 9.53 Å². The van der Waals surface area contributed by atoms with Gasteiger partial charge < -0.3 is 9.72 Å². The van der Waals surface area contributed by atoms with Gasteiger partial charge in [-0.3, -0.25) is 15.0 Å². The highest BCUT2D eigenvalue weighted by atomic mass is 32.2. The molecule has 0 radical (unpaired) electrons. The van der Waals surface area contributed by atoms with Gasteiger partial charge in [-0.05, 0) is 0 Å². The fourth-order valence-electron chi connectivity index (χ4n) is 1.26. The van der Waals surface area contributed by atoms with Crippen molar-refractivity contribution in [3.8, 4) is 0 Å². The van der Waals surface area contributed by atoms with Crippen molar-refractivity contribution in [2.75, 3.05) is 12.9 Å². The third-order valence-electron chi connectivity index (χ3n) is 2.14. The highest BCUT2D eigenvalue weighted by Crippen LogP contribution is 2.22. The number of amides is 1. The number of aromatic amines is 1. The largest absolute Gasteiger partial charge is 0.468 e. The van der Waals surface area contributed by atoms with E-state index in [2.05, 4.69) is 24.7 Å². The average Bonchev–Trinajstić information content (AvgIpc) is 2.91. The molecule has 19 heavy (non-hydrogen) atoms. The number of aromatic nitrogens is 4. The summed E-state index contributed by atoms with van der Waals surface area (Å²) in [5.41, 5.74) is 2.80. The number of fused-ring (bicyclic) bond motifs is 1. The Kier molecular flexibility index (Phi) is 3.92. The number of carbonyl (C=O) groups is 2. The first-order valence-electron chi connectivity index (χ1n) is 5.07. The number of hydrazine groups is 1. The van der Waals surface area contributed by atoms with Gasteiger partial charge in [-0.2, -0.15) is 0 Å². The topological polar surface area (TPSA) is 136 Å². The minimum atomic E-state index is -0.634. The fraction of sp³-hybridized carbons (Fsp3) is 0.222. The second-order valence-electron chi connectivity index (χ2n) is 3.29. The SMILES string of the molecule is COC(=O)CSc1nc(C(=O)NN)nc2nc[nH]c12. The molecule has 0 bridgehead atoms. The molecule has 0 atom stereocenters. The van der Waals surface area contributed by atoms with Gasteiger partial charge in [-0.15, -0.1) is 0 Å². The van der Waals surface area contributed by atoms with Crippen LogP contribution in [0.1, 0.15) is 10.6 Å². The van der Waals surface area contributed by atoms with Crippen molar-refractivity contribution < 1.29 is 14.3 Å². The Bertz CT molecular complexity index is 627. The number of methoxy groups -OCH3 is 1. The number of imidazole rings is 1. The molecule has 2 aromatic rings. The van der Waals surface area contributed by atoms with Crippen molar-refractivity contribution in [2.45, 2.75) is 5.03 Å². The Morgan fingerprint density at radius 3 is 3.00 bits per heavy atom. The van der Waals surface area contributed by atoms with Gasteiger partial charge in [0.05, 0.1) is 19.2 Å². The van der Waals surface area contributed by atoms with Gasteiger partial charge >= 0.3 is 11.9 Å². The van der Waals surface area contributed by atoms with E-state index in [1.807, 2.05) is 5.43 Å². The maximum atomic E-state index is 11.4. The van der Waals surface area contributed by atoms with Crippen molar-refractivity contribution >= 4 is 34.8 Å². The van der Waals surface area contributed by atoms with Gasteiger partial charge in [0.1, 0.15) is 10.5 Å². The van der Waals surface area contributed by atoms with E-state index in [0.717, 1.165) is 11.8 Å². The van der Waals surface area contributed by atoms with Gasteiger partial charge in [-0.25, -0.2) is 20.8 Å². The number of hydrogen-bond acceptors (Lipinski definition) is 8. The number of nitrogens with zero attached hydrogens (tertiary/aromatic N) is 3. The third kappa shape index (κ3) is 2.80. The van der Waals surface area contributed by atoms with Crippen LogP contribution in [0.25, 0.3) is 11.2 Å². The number of carbonyl (C=O) groups excluding carboxylic acids is 2. The molecule has 0 unspecified atom stereocenters. The van der Waals surface area contributed by atoms with Crippen molar-refractivity contribution in [3.05, 3.63) is 12.2 Å². The number of esters is 1. The van der Waals surface area contributed by atoms with Crippen LogP contribution < -0.4 is 11.3 Å². The normalized spacial score (nSPS) is 10.4. The van der Waals surface area contributed by atoms with Crippen LogP contribution >= 0.6 is 11.8 Å². The summed E-state index contributed by atoms with van der Waals surface area (Å²) in [4.78, 5) is 37.3. The molecule has 0 spiro atoms. The van der Waals surface area contributed by atoms with Gasteiger partial charge in [-0.1, -0.05) is 11.8 Å². The molecular formula is C9H10N6O3S. The molecule has 2 aromatic heterocycles. The van der Waals surface area contributed by atoms with Gasteiger partial charge in [0.15, 0.2) is 5.65 Å². The van der Waals surface area contributed by atoms with Gasteiger partial charge in [0.25, 0.3) is 0 Å². The minimum absolute atomic E-state index is 0.0608. The smallest absolute Gasteiger partial charge is 0.316 e. The quantitative estimate of drug-likeness (QED) is 0.166. The summed E-state index contributed by atoms with van der Waals surface area (Å²) in [7, 11) is 1.29. The molecule has 0 aliphatic heterocycles. The number of H-pyrrole nitrogens is 1. The molecule has 10 heteroatoms. The number of ether oxygens (including phenoxy) is 1. The van der Waals surface area contributed by atoms with E-state index in [1.165, 1.54) is 13.4 Å². The molecule has 2 rings (SSSR count). The number of nitrogens with one attached hydrogen (secondary N) is 2. The van der Waals surface area contributed by atoms with E-state index in [4.69, 9.17) is 5.84 Å². The molecule has 100 valence electrons. The number of thioether (sulfide) groups is 1. The van der Waals surface area contributed by atoms with Crippen LogP contribution in [0, 0.1) is 0 Å². The molecule has 4 N–H and O–H groups in total. The standard InChI is InChI=1S/C9H10N6O3S/c1-18-4(16)2-19-9-5-6(12-3-11-5)13-7(14-9)8(17)15-10/h3H,2,10H2,1H3,(H,15,17)(H,11,12,13,14). The molecule has 0 fully saturated rings. The first-order chi connectivity index (χ1) is 9.15. The van der Waals surface area contributed by atoms with E-state index in [-0.39, 0.29) is 11.6 Å². The first-order valence-corrected chi connectivity index (χ1v) is 6.06. The third-order valence-corrected chi connectivity index (χ3v) is 3.09. The zero-order chi connectivity index (χ0) is 13.8. The first kappa shape index (κ1) is 13.2. The summed E-state index contributed by atoms with van der Waals surface area (Å²) in [6.07, 6.45) is 1.42. The van der Waals surface area contributed by atoms with E-state index < -0.39 is 11.9 Å². The van der Waals surface area contributed by atoms with Crippen LogP contribution in [0.4, 0.5) is 0 Å². The molecule has 0 saturated heterocycles. The second kappa shape index (κ2) is 5.63. The Balaban J connectivity index is 2.36. The predicted molar refractivity (Wildman–Crippen MR) is 66.1 cm³/mol. The Labute approximate surface area is 111 Å². The number of hydrogen-bond donors (Lipinski definition) is 3. The Hall–Kier alpha value is -2.20. The fourth-order valence-corrected chi connectivity index (χ4v) is 2.08. The van der Waals surface area contributed by atoms with E-state index in [0.29, 0.717) is 16.2 Å². The summed E-state index contributed by atoms with van der Waals surface area (Å²) in [5, 5.41) is 0.423. The maximum absolute atomic E-state index is 11.4.